The third kappa shape index (κ3) is 4.56. The highest BCUT2D eigenvalue weighted by molar-refractivity contribution is 6.13. The van der Waals surface area contributed by atoms with Gasteiger partial charge in [-0.3, -0.25) is 0 Å². The summed E-state index contributed by atoms with van der Waals surface area (Å²) in [6.45, 7) is 0. The van der Waals surface area contributed by atoms with Gasteiger partial charge in [0.2, 0.25) is 0 Å². The van der Waals surface area contributed by atoms with Crippen molar-refractivity contribution in [2.24, 2.45) is 5.73 Å². The van der Waals surface area contributed by atoms with E-state index in [-0.39, 0.29) is 0 Å². The molecule has 0 saturated heterocycles. The molecule has 0 heterocycles. The molecule has 6 nitrogen and oxygen atoms in total. The van der Waals surface area contributed by atoms with E-state index in [1.54, 1.807) is 14.2 Å². The maximum Gasteiger partial charge on any atom is 0.314 e. The maximum absolute atomic E-state index is 10.6. The molecular weight excluding hydrogens is 204 g/mol. The summed E-state index contributed by atoms with van der Waals surface area (Å²) in [6, 6.07) is -0.631. The lowest BCUT2D eigenvalue weighted by Gasteiger charge is -2.30. The van der Waals surface area contributed by atoms with Gasteiger partial charge < -0.3 is 25.3 Å². The van der Waals surface area contributed by atoms with Gasteiger partial charge in [-0.1, -0.05) is 0 Å². The quantitative estimate of drug-likeness (QED) is 0.416. The third-order valence-corrected chi connectivity index (χ3v) is 3.23. The van der Waals surface area contributed by atoms with E-state index < -0.39 is 17.7 Å². The Balaban J connectivity index is 4.21. The molecule has 0 spiro atoms. The minimum atomic E-state index is -0.664. The van der Waals surface area contributed by atoms with Crippen LogP contribution in [-0.2, 0) is 14.2 Å². The van der Waals surface area contributed by atoms with Gasteiger partial charge in [-0.2, -0.15) is 0 Å². The number of methoxy groups -OCH3 is 3. The van der Waals surface area contributed by atoms with E-state index in [1.807, 2.05) is 0 Å². The molecule has 0 saturated carbocycles. The zero-order valence-corrected chi connectivity index (χ0v) is 11.0. The minimum Gasteiger partial charge on any atom is -0.361 e. The molecule has 0 aliphatic rings. The summed E-state index contributed by atoms with van der Waals surface area (Å²) >= 11 is 0. The molecular formula is C7H18N2O4Si. The van der Waals surface area contributed by atoms with Crippen molar-refractivity contribution < 1.29 is 19.0 Å². The van der Waals surface area contributed by atoms with Gasteiger partial charge in [0.15, 0.2) is 0 Å². The van der Waals surface area contributed by atoms with Gasteiger partial charge in [-0.05, 0) is 0 Å². The van der Waals surface area contributed by atoms with Crippen LogP contribution in [0.1, 0.15) is 6.42 Å². The minimum absolute atomic E-state index is 0.408. The fourth-order valence-electron chi connectivity index (χ4n) is 0.939. The van der Waals surface area contributed by atoms with Gasteiger partial charge in [0.05, 0.1) is 10.2 Å². The molecule has 0 aromatic rings. The van der Waals surface area contributed by atoms with Gasteiger partial charge in [0.25, 0.3) is 0 Å². The Morgan fingerprint density at radius 1 is 1.50 bits per heavy atom. The predicted octanol–water partition coefficient (Wildman–Crippen LogP) is -1.67. The number of hydrogen-bond acceptors (Lipinski definition) is 4. The number of nitrogens with two attached hydrogens (primary N) is 1. The zero-order valence-electron chi connectivity index (χ0n) is 8.99. The van der Waals surface area contributed by atoms with Crippen molar-refractivity contribution in [2.45, 2.75) is 18.1 Å². The first kappa shape index (κ1) is 13.4. The number of nitrogens with one attached hydrogen (secondary N) is 1. The summed E-state index contributed by atoms with van der Waals surface area (Å²) < 4.78 is 15.3. The van der Waals surface area contributed by atoms with E-state index in [2.05, 4.69) is 5.32 Å². The molecule has 84 valence electrons. The van der Waals surface area contributed by atoms with Crippen LogP contribution >= 0.6 is 0 Å². The fraction of sp³-hybridized carbons (Fsp3) is 0.857. The van der Waals surface area contributed by atoms with Crippen LogP contribution in [0.15, 0.2) is 0 Å². The molecule has 7 heteroatoms. The van der Waals surface area contributed by atoms with Crippen molar-refractivity contribution in [1.29, 1.82) is 0 Å². The second-order valence-corrected chi connectivity index (χ2v) is 4.50. The summed E-state index contributed by atoms with van der Waals surface area (Å²) in [5, 5.41) is 2.43. The molecule has 0 bridgehead atoms. The molecule has 0 radical (unpaired) electrons. The highest BCUT2D eigenvalue weighted by atomic mass is 28.1. The molecule has 0 aliphatic heterocycles. The Morgan fingerprint density at radius 2 is 2.00 bits per heavy atom. The number of rotatable bonds is 6. The van der Waals surface area contributed by atoms with Crippen LogP contribution in [0.5, 0.6) is 0 Å². The molecule has 2 amide bonds. The van der Waals surface area contributed by atoms with Crippen molar-refractivity contribution in [1.82, 2.24) is 5.32 Å². The topological polar surface area (TPSA) is 82.8 Å². The van der Waals surface area contributed by atoms with Crippen LogP contribution in [0.4, 0.5) is 4.79 Å². The molecule has 0 aromatic heterocycles. The molecule has 0 fully saturated rings. The normalized spacial score (nSPS) is 13.9. The van der Waals surface area contributed by atoms with Gasteiger partial charge >= 0.3 is 6.03 Å². The average Bonchev–Trinajstić information content (AvgIpc) is 2.16. The van der Waals surface area contributed by atoms with Gasteiger partial charge in [-0.25, -0.2) is 4.79 Å². The number of hydrogen-bond donors (Lipinski definition) is 2. The van der Waals surface area contributed by atoms with Crippen molar-refractivity contribution in [3.63, 3.8) is 0 Å². The lowest BCUT2D eigenvalue weighted by molar-refractivity contribution is -0.164. The van der Waals surface area contributed by atoms with Crippen LogP contribution < -0.4 is 11.1 Å². The van der Waals surface area contributed by atoms with Crippen molar-refractivity contribution in [3.05, 3.63) is 0 Å². The molecule has 14 heavy (non-hydrogen) atoms. The number of primary amides is 1. The molecule has 1 atom stereocenters. The zero-order chi connectivity index (χ0) is 11.2. The van der Waals surface area contributed by atoms with Gasteiger partial charge in [0.1, 0.15) is 11.6 Å². The van der Waals surface area contributed by atoms with E-state index in [1.165, 1.54) is 7.11 Å². The number of amides is 2. The first-order valence-electron chi connectivity index (χ1n) is 4.16. The van der Waals surface area contributed by atoms with Crippen LogP contribution in [0.2, 0.25) is 0 Å². The lowest BCUT2D eigenvalue weighted by Crippen LogP contribution is -2.47. The number of ether oxygens (including phenoxy) is 3. The van der Waals surface area contributed by atoms with Crippen molar-refractivity contribution >= 4 is 16.3 Å². The smallest absolute Gasteiger partial charge is 0.314 e. The van der Waals surface area contributed by atoms with E-state index in [4.69, 9.17) is 19.9 Å². The third-order valence-electron chi connectivity index (χ3n) is 2.01. The second kappa shape index (κ2) is 5.97. The van der Waals surface area contributed by atoms with Crippen LogP contribution in [-0.4, -0.2) is 49.2 Å². The van der Waals surface area contributed by atoms with Gasteiger partial charge in [-0.15, -0.1) is 0 Å². The molecule has 0 aliphatic carbocycles. The second-order valence-electron chi connectivity index (χ2n) is 2.98. The average molecular weight is 222 g/mol. The van der Waals surface area contributed by atoms with Crippen molar-refractivity contribution in [3.8, 4) is 0 Å². The molecule has 3 N–H and O–H groups in total. The van der Waals surface area contributed by atoms with Crippen molar-refractivity contribution in [2.75, 3.05) is 21.3 Å². The summed E-state index contributed by atoms with van der Waals surface area (Å²) in [6.07, 6.45) is -0.0871. The summed E-state index contributed by atoms with van der Waals surface area (Å²) in [4.78, 5) is 10.6. The first-order valence-corrected chi connectivity index (χ1v) is 5.16. The SMILES string of the molecule is COC(CC([SiH3])(OC)OC)NC(N)=O. The highest BCUT2D eigenvalue weighted by Gasteiger charge is 2.27. The van der Waals surface area contributed by atoms with E-state index >= 15 is 0 Å². The Kier molecular flexibility index (Phi) is 5.70. The van der Waals surface area contributed by atoms with E-state index in [0.717, 1.165) is 0 Å². The number of carbonyl (C=O) groups excluding carboxylic acids is 1. The molecule has 0 aromatic carbocycles. The Morgan fingerprint density at radius 3 is 2.29 bits per heavy atom. The van der Waals surface area contributed by atoms with Crippen LogP contribution in [0, 0.1) is 0 Å². The first-order chi connectivity index (χ1) is 6.47. The van der Waals surface area contributed by atoms with Crippen LogP contribution in [0.25, 0.3) is 0 Å². The molecule has 1 unspecified atom stereocenters. The standard InChI is InChI=1S/C7H18N2O4Si/c1-11-5(9-6(8)10)4-7(14,12-2)13-3/h5H,4H2,1-3,14H3,(H3,8,9,10). The Hall–Kier alpha value is -0.633. The van der Waals surface area contributed by atoms with Gasteiger partial charge in [0, 0.05) is 27.8 Å². The fourth-order valence-corrected chi connectivity index (χ4v) is 1.31. The Labute approximate surface area is 86.5 Å². The van der Waals surface area contributed by atoms with E-state index in [0.29, 0.717) is 16.7 Å². The predicted molar refractivity (Wildman–Crippen MR) is 54.8 cm³/mol. The monoisotopic (exact) mass is 222 g/mol. The highest BCUT2D eigenvalue weighted by Crippen LogP contribution is 2.14. The maximum atomic E-state index is 10.6. The number of carbonyl (C=O) groups is 1. The van der Waals surface area contributed by atoms with Crippen LogP contribution in [0.3, 0.4) is 0 Å². The summed E-state index contributed by atoms with van der Waals surface area (Å²) in [7, 11) is 5.23. The summed E-state index contributed by atoms with van der Waals surface area (Å²) in [5.41, 5.74) is 4.31. The molecule has 0 rings (SSSR count). The Bertz CT molecular complexity index is 187. The lowest BCUT2D eigenvalue weighted by atomic mass is 10.3. The largest absolute Gasteiger partial charge is 0.361 e. The summed E-state index contributed by atoms with van der Waals surface area (Å²) in [5.74, 6) is 0. The number of urea groups is 1. The van der Waals surface area contributed by atoms with E-state index in [9.17, 15) is 4.79 Å².